The number of rotatable bonds is 6. The van der Waals surface area contributed by atoms with Gasteiger partial charge in [0.25, 0.3) is 0 Å². The number of halogens is 1. The van der Waals surface area contributed by atoms with Gasteiger partial charge in [-0.2, -0.15) is 0 Å². The van der Waals surface area contributed by atoms with E-state index in [-0.39, 0.29) is 4.99 Å². The van der Waals surface area contributed by atoms with Gasteiger partial charge in [-0.15, -0.1) is 0 Å². The van der Waals surface area contributed by atoms with Gasteiger partial charge in [0.1, 0.15) is 11.0 Å². The molecule has 0 spiro atoms. The molecule has 0 saturated heterocycles. The standard InChI is InChI=1S/C11H15ClN2O3S2/c1-3-10(11(13)18)19(15,16)14-7-4-5-9(17-2)8(12)6-7/h4-6,10,14H,3H2,1-2H3,(H2,13,18). The maximum atomic E-state index is 12.1. The molecule has 0 aliphatic carbocycles. The third-order valence-electron chi connectivity index (χ3n) is 2.47. The van der Waals surface area contributed by atoms with E-state index in [4.69, 9.17) is 34.3 Å². The molecule has 8 heteroatoms. The molecule has 1 aromatic carbocycles. The van der Waals surface area contributed by atoms with Crippen molar-refractivity contribution in [3.8, 4) is 5.75 Å². The molecular weight excluding hydrogens is 308 g/mol. The largest absolute Gasteiger partial charge is 0.495 e. The van der Waals surface area contributed by atoms with E-state index < -0.39 is 15.3 Å². The van der Waals surface area contributed by atoms with Crippen molar-refractivity contribution in [1.29, 1.82) is 0 Å². The summed E-state index contributed by atoms with van der Waals surface area (Å²) in [6, 6.07) is 4.58. The maximum Gasteiger partial charge on any atom is 0.242 e. The van der Waals surface area contributed by atoms with Crippen LogP contribution in [0, 0.1) is 0 Å². The zero-order valence-corrected chi connectivity index (χ0v) is 12.9. The van der Waals surface area contributed by atoms with Gasteiger partial charge in [0, 0.05) is 0 Å². The Morgan fingerprint density at radius 3 is 2.63 bits per heavy atom. The minimum Gasteiger partial charge on any atom is -0.495 e. The Labute approximate surface area is 123 Å². The lowest BCUT2D eigenvalue weighted by molar-refractivity contribution is 0.415. The molecule has 0 aliphatic heterocycles. The number of hydrogen-bond acceptors (Lipinski definition) is 4. The topological polar surface area (TPSA) is 81.4 Å². The number of sulfonamides is 1. The zero-order chi connectivity index (χ0) is 14.6. The Bertz CT molecular complexity index is 575. The molecular formula is C11H15ClN2O3S2. The van der Waals surface area contributed by atoms with Gasteiger partial charge in [0.15, 0.2) is 0 Å². The van der Waals surface area contributed by atoms with Crippen LogP contribution in [-0.2, 0) is 10.0 Å². The van der Waals surface area contributed by atoms with Crippen molar-refractivity contribution in [2.24, 2.45) is 5.73 Å². The summed E-state index contributed by atoms with van der Waals surface area (Å²) < 4.78 is 31.6. The van der Waals surface area contributed by atoms with E-state index in [9.17, 15) is 8.42 Å². The minimum atomic E-state index is -3.68. The predicted molar refractivity (Wildman–Crippen MR) is 81.4 cm³/mol. The van der Waals surface area contributed by atoms with Gasteiger partial charge in [-0.3, -0.25) is 4.72 Å². The van der Waals surface area contributed by atoms with Crippen molar-refractivity contribution in [1.82, 2.24) is 0 Å². The van der Waals surface area contributed by atoms with Crippen molar-refractivity contribution < 1.29 is 13.2 Å². The summed E-state index contributed by atoms with van der Waals surface area (Å²) in [5.41, 5.74) is 5.76. The Hall–Kier alpha value is -1.05. The highest BCUT2D eigenvalue weighted by Gasteiger charge is 2.26. The molecule has 0 saturated carbocycles. The van der Waals surface area contributed by atoms with Crippen LogP contribution in [0.3, 0.4) is 0 Å². The number of ether oxygens (including phenoxy) is 1. The normalized spacial score (nSPS) is 12.8. The predicted octanol–water partition coefficient (Wildman–Crippen LogP) is 2.16. The van der Waals surface area contributed by atoms with Crippen LogP contribution in [0.2, 0.25) is 5.02 Å². The van der Waals surface area contributed by atoms with Crippen LogP contribution in [0.1, 0.15) is 13.3 Å². The summed E-state index contributed by atoms with van der Waals surface area (Å²) in [5.74, 6) is 0.464. The molecule has 0 aromatic heterocycles. The van der Waals surface area contributed by atoms with Gasteiger partial charge in [0.05, 0.1) is 22.8 Å². The summed E-state index contributed by atoms with van der Waals surface area (Å²) in [7, 11) is -2.20. The van der Waals surface area contributed by atoms with Crippen molar-refractivity contribution in [3.63, 3.8) is 0 Å². The van der Waals surface area contributed by atoms with E-state index in [1.807, 2.05) is 0 Å². The molecule has 0 heterocycles. The average Bonchev–Trinajstić information content (AvgIpc) is 2.28. The summed E-state index contributed by atoms with van der Waals surface area (Å²) in [6.45, 7) is 1.70. The molecule has 19 heavy (non-hydrogen) atoms. The first-order chi connectivity index (χ1) is 8.81. The molecule has 0 amide bonds. The molecule has 0 aliphatic rings. The molecule has 5 nitrogen and oxygen atoms in total. The smallest absolute Gasteiger partial charge is 0.242 e. The highest BCUT2D eigenvalue weighted by molar-refractivity contribution is 7.95. The van der Waals surface area contributed by atoms with Crippen LogP contribution < -0.4 is 15.2 Å². The minimum absolute atomic E-state index is 0.0605. The number of thiocarbonyl (C=S) groups is 1. The maximum absolute atomic E-state index is 12.1. The molecule has 106 valence electrons. The molecule has 0 radical (unpaired) electrons. The highest BCUT2D eigenvalue weighted by atomic mass is 35.5. The second kappa shape index (κ2) is 6.40. The summed E-state index contributed by atoms with van der Waals surface area (Å²) >= 11 is 10.7. The number of anilines is 1. The third kappa shape index (κ3) is 3.95. The lowest BCUT2D eigenvalue weighted by Crippen LogP contribution is -2.37. The molecule has 1 unspecified atom stereocenters. The number of nitrogens with two attached hydrogens (primary N) is 1. The van der Waals surface area contributed by atoms with Gasteiger partial charge in [-0.1, -0.05) is 30.7 Å². The summed E-state index contributed by atoms with van der Waals surface area (Å²) in [4.78, 5) is -0.0605. The summed E-state index contributed by atoms with van der Waals surface area (Å²) in [6.07, 6.45) is 0.300. The van der Waals surface area contributed by atoms with Gasteiger partial charge in [0.2, 0.25) is 10.0 Å². The van der Waals surface area contributed by atoms with Gasteiger partial charge in [-0.25, -0.2) is 8.42 Å². The first kappa shape index (κ1) is 16.0. The van der Waals surface area contributed by atoms with Gasteiger partial charge in [-0.05, 0) is 24.6 Å². The van der Waals surface area contributed by atoms with E-state index in [0.29, 0.717) is 22.9 Å². The van der Waals surface area contributed by atoms with Crippen LogP contribution in [-0.4, -0.2) is 25.8 Å². The molecule has 1 aromatic rings. The fourth-order valence-corrected chi connectivity index (χ4v) is 3.69. The molecule has 1 rings (SSSR count). The van der Waals surface area contributed by atoms with E-state index >= 15 is 0 Å². The number of benzene rings is 1. The average molecular weight is 323 g/mol. The quantitative estimate of drug-likeness (QED) is 0.784. The Balaban J connectivity index is 3.01. The monoisotopic (exact) mass is 322 g/mol. The SMILES string of the molecule is CCC(C(N)=S)S(=O)(=O)Nc1ccc(OC)c(Cl)c1. The first-order valence-electron chi connectivity index (χ1n) is 5.46. The highest BCUT2D eigenvalue weighted by Crippen LogP contribution is 2.28. The van der Waals surface area contributed by atoms with E-state index in [2.05, 4.69) is 4.72 Å². The van der Waals surface area contributed by atoms with Crippen molar-refractivity contribution in [2.75, 3.05) is 11.8 Å². The lowest BCUT2D eigenvalue weighted by atomic mass is 10.3. The van der Waals surface area contributed by atoms with Crippen LogP contribution in [0.25, 0.3) is 0 Å². The third-order valence-corrected chi connectivity index (χ3v) is 5.06. The lowest BCUT2D eigenvalue weighted by Gasteiger charge is -2.16. The van der Waals surface area contributed by atoms with E-state index in [1.165, 1.54) is 13.2 Å². The van der Waals surface area contributed by atoms with Crippen LogP contribution in [0.4, 0.5) is 5.69 Å². The van der Waals surface area contributed by atoms with Crippen molar-refractivity contribution in [2.45, 2.75) is 18.6 Å². The van der Waals surface area contributed by atoms with Crippen LogP contribution >= 0.6 is 23.8 Å². The molecule has 3 N–H and O–H groups in total. The van der Waals surface area contributed by atoms with Crippen LogP contribution in [0.15, 0.2) is 18.2 Å². The first-order valence-corrected chi connectivity index (χ1v) is 7.79. The number of nitrogens with one attached hydrogen (secondary N) is 1. The van der Waals surface area contributed by atoms with Crippen molar-refractivity contribution in [3.05, 3.63) is 23.2 Å². The van der Waals surface area contributed by atoms with E-state index in [0.717, 1.165) is 0 Å². The molecule has 0 fully saturated rings. The van der Waals surface area contributed by atoms with Crippen LogP contribution in [0.5, 0.6) is 5.75 Å². The fourth-order valence-electron chi connectivity index (χ4n) is 1.54. The number of methoxy groups -OCH3 is 1. The zero-order valence-electron chi connectivity index (χ0n) is 10.5. The fraction of sp³-hybridized carbons (Fsp3) is 0.364. The van der Waals surface area contributed by atoms with Gasteiger partial charge < -0.3 is 10.5 Å². The van der Waals surface area contributed by atoms with E-state index in [1.54, 1.807) is 19.1 Å². The second-order valence-electron chi connectivity index (χ2n) is 3.80. The Morgan fingerprint density at radius 2 is 2.21 bits per heavy atom. The molecule has 0 bridgehead atoms. The van der Waals surface area contributed by atoms with Crippen molar-refractivity contribution >= 4 is 44.5 Å². The van der Waals surface area contributed by atoms with Gasteiger partial charge >= 0.3 is 0 Å². The Morgan fingerprint density at radius 1 is 1.58 bits per heavy atom. The second-order valence-corrected chi connectivity index (χ2v) is 6.54. The molecule has 1 atom stereocenters. The number of hydrogen-bond donors (Lipinski definition) is 2. The summed E-state index contributed by atoms with van der Waals surface area (Å²) in [5, 5.41) is -0.602. The Kier molecular flexibility index (Phi) is 5.39.